The Morgan fingerprint density at radius 3 is 2.50 bits per heavy atom. The van der Waals surface area contributed by atoms with Crippen molar-refractivity contribution in [1.29, 1.82) is 0 Å². The van der Waals surface area contributed by atoms with E-state index in [1.165, 1.54) is 5.56 Å². The van der Waals surface area contributed by atoms with E-state index in [4.69, 9.17) is 0 Å². The number of pyridine rings is 1. The molecule has 3 heteroatoms. The quantitative estimate of drug-likeness (QED) is 0.846. The number of nitrogens with one attached hydrogen (secondary N) is 1. The molecule has 0 aliphatic heterocycles. The molecule has 1 N–H and O–H groups in total. The van der Waals surface area contributed by atoms with Gasteiger partial charge in [-0.1, -0.05) is 33.8 Å². The zero-order chi connectivity index (χ0) is 12.1. The zero-order valence-electron chi connectivity index (χ0n) is 10.4. The molecule has 1 atom stereocenters. The maximum Gasteiger partial charge on any atom is 0.228 e. The Balaban J connectivity index is 2.65. The Morgan fingerprint density at radius 1 is 1.38 bits per heavy atom. The van der Waals surface area contributed by atoms with Crippen molar-refractivity contribution in [3.8, 4) is 0 Å². The molecule has 1 heterocycles. The SMILES string of the molecule is CCC(C)C(=O)Nc1ccc(C(C)C)cn1. The summed E-state index contributed by atoms with van der Waals surface area (Å²) in [7, 11) is 0. The molecule has 1 unspecified atom stereocenters. The van der Waals surface area contributed by atoms with Crippen molar-refractivity contribution in [2.75, 3.05) is 5.32 Å². The number of rotatable bonds is 4. The molecule has 88 valence electrons. The van der Waals surface area contributed by atoms with Crippen LogP contribution in [0.15, 0.2) is 18.3 Å². The van der Waals surface area contributed by atoms with Gasteiger partial charge in [0.05, 0.1) is 0 Å². The lowest BCUT2D eigenvalue weighted by molar-refractivity contribution is -0.119. The third-order valence-electron chi connectivity index (χ3n) is 2.76. The lowest BCUT2D eigenvalue weighted by atomic mass is 10.1. The van der Waals surface area contributed by atoms with Crippen molar-refractivity contribution in [2.45, 2.75) is 40.0 Å². The van der Waals surface area contributed by atoms with Gasteiger partial charge in [-0.15, -0.1) is 0 Å². The summed E-state index contributed by atoms with van der Waals surface area (Å²) < 4.78 is 0. The maximum absolute atomic E-state index is 11.6. The van der Waals surface area contributed by atoms with Gasteiger partial charge in [-0.05, 0) is 24.0 Å². The molecule has 0 aromatic carbocycles. The monoisotopic (exact) mass is 220 g/mol. The van der Waals surface area contributed by atoms with Crippen LogP contribution in [0.5, 0.6) is 0 Å². The van der Waals surface area contributed by atoms with Crippen molar-refractivity contribution >= 4 is 11.7 Å². The number of hydrogen-bond acceptors (Lipinski definition) is 2. The van der Waals surface area contributed by atoms with Gasteiger partial charge in [0.15, 0.2) is 0 Å². The number of anilines is 1. The van der Waals surface area contributed by atoms with Crippen LogP contribution < -0.4 is 5.32 Å². The Labute approximate surface area is 97.3 Å². The first kappa shape index (κ1) is 12.7. The number of aromatic nitrogens is 1. The Bertz CT molecular complexity index is 343. The van der Waals surface area contributed by atoms with E-state index in [9.17, 15) is 4.79 Å². The lowest BCUT2D eigenvalue weighted by Crippen LogP contribution is -2.20. The predicted octanol–water partition coefficient (Wildman–Crippen LogP) is 3.19. The Kier molecular flexibility index (Phi) is 4.47. The molecule has 0 aliphatic carbocycles. The van der Waals surface area contributed by atoms with Crippen LogP contribution in [-0.2, 0) is 4.79 Å². The Morgan fingerprint density at radius 2 is 2.06 bits per heavy atom. The second-order valence-electron chi connectivity index (χ2n) is 4.43. The van der Waals surface area contributed by atoms with E-state index in [1.807, 2.05) is 32.2 Å². The molecule has 0 aliphatic rings. The van der Waals surface area contributed by atoms with Gasteiger partial charge in [0.2, 0.25) is 5.91 Å². The van der Waals surface area contributed by atoms with Crippen molar-refractivity contribution in [2.24, 2.45) is 5.92 Å². The summed E-state index contributed by atoms with van der Waals surface area (Å²) in [5, 5.41) is 2.81. The van der Waals surface area contributed by atoms with Crippen molar-refractivity contribution in [3.05, 3.63) is 23.9 Å². The molecule has 0 fully saturated rings. The molecule has 0 bridgehead atoms. The van der Waals surface area contributed by atoms with Crippen LogP contribution in [0.2, 0.25) is 0 Å². The average molecular weight is 220 g/mol. The molecule has 0 radical (unpaired) electrons. The van der Waals surface area contributed by atoms with Gasteiger partial charge < -0.3 is 5.32 Å². The van der Waals surface area contributed by atoms with Crippen molar-refractivity contribution < 1.29 is 4.79 Å². The van der Waals surface area contributed by atoms with Crippen LogP contribution in [0.3, 0.4) is 0 Å². The Hall–Kier alpha value is -1.38. The topological polar surface area (TPSA) is 42.0 Å². The van der Waals surface area contributed by atoms with Crippen LogP contribution in [0, 0.1) is 5.92 Å². The first-order valence-electron chi connectivity index (χ1n) is 5.81. The molecule has 1 amide bonds. The molecule has 1 aromatic rings. The zero-order valence-corrected chi connectivity index (χ0v) is 10.4. The van der Waals surface area contributed by atoms with E-state index < -0.39 is 0 Å². The normalized spacial score (nSPS) is 12.6. The first-order valence-corrected chi connectivity index (χ1v) is 5.81. The molecule has 1 rings (SSSR count). The predicted molar refractivity (Wildman–Crippen MR) is 66.4 cm³/mol. The van der Waals surface area contributed by atoms with Crippen LogP contribution >= 0.6 is 0 Å². The third kappa shape index (κ3) is 3.33. The molecule has 0 saturated heterocycles. The van der Waals surface area contributed by atoms with Gasteiger partial charge in [0.25, 0.3) is 0 Å². The minimum Gasteiger partial charge on any atom is -0.310 e. The molecule has 0 spiro atoms. The van der Waals surface area contributed by atoms with E-state index in [2.05, 4.69) is 24.1 Å². The summed E-state index contributed by atoms with van der Waals surface area (Å²) in [5.74, 6) is 1.17. The van der Waals surface area contributed by atoms with Crippen molar-refractivity contribution in [1.82, 2.24) is 4.98 Å². The fourth-order valence-electron chi connectivity index (χ4n) is 1.26. The first-order chi connectivity index (χ1) is 7.54. The largest absolute Gasteiger partial charge is 0.310 e. The summed E-state index contributed by atoms with van der Waals surface area (Å²) in [6.45, 7) is 8.15. The van der Waals surface area contributed by atoms with Crippen LogP contribution in [-0.4, -0.2) is 10.9 Å². The van der Waals surface area contributed by atoms with Gasteiger partial charge in [-0.25, -0.2) is 4.98 Å². The van der Waals surface area contributed by atoms with Gasteiger partial charge in [0, 0.05) is 12.1 Å². The van der Waals surface area contributed by atoms with Gasteiger partial charge in [-0.3, -0.25) is 4.79 Å². The fraction of sp³-hybridized carbons (Fsp3) is 0.538. The number of carbonyl (C=O) groups is 1. The molecule has 3 nitrogen and oxygen atoms in total. The third-order valence-corrected chi connectivity index (χ3v) is 2.76. The summed E-state index contributed by atoms with van der Waals surface area (Å²) in [6.07, 6.45) is 2.66. The van der Waals surface area contributed by atoms with E-state index in [1.54, 1.807) is 0 Å². The number of amides is 1. The van der Waals surface area contributed by atoms with E-state index in [0.29, 0.717) is 11.7 Å². The lowest BCUT2D eigenvalue weighted by Gasteiger charge is -2.10. The highest BCUT2D eigenvalue weighted by atomic mass is 16.1. The second-order valence-corrected chi connectivity index (χ2v) is 4.43. The molecule has 0 saturated carbocycles. The van der Waals surface area contributed by atoms with Crippen LogP contribution in [0.4, 0.5) is 5.82 Å². The summed E-state index contributed by atoms with van der Waals surface area (Å²) in [6, 6.07) is 3.86. The smallest absolute Gasteiger partial charge is 0.228 e. The molecule has 16 heavy (non-hydrogen) atoms. The highest BCUT2D eigenvalue weighted by Crippen LogP contribution is 2.15. The summed E-state index contributed by atoms with van der Waals surface area (Å²) in [5.41, 5.74) is 1.18. The average Bonchev–Trinajstić information content (AvgIpc) is 2.28. The van der Waals surface area contributed by atoms with E-state index in [0.717, 1.165) is 6.42 Å². The molecule has 1 aromatic heterocycles. The maximum atomic E-state index is 11.6. The summed E-state index contributed by atoms with van der Waals surface area (Å²) >= 11 is 0. The van der Waals surface area contributed by atoms with Crippen LogP contribution in [0.25, 0.3) is 0 Å². The van der Waals surface area contributed by atoms with E-state index in [-0.39, 0.29) is 11.8 Å². The highest BCUT2D eigenvalue weighted by molar-refractivity contribution is 5.91. The number of carbonyl (C=O) groups excluding carboxylic acids is 1. The van der Waals surface area contributed by atoms with Gasteiger partial charge in [-0.2, -0.15) is 0 Å². The van der Waals surface area contributed by atoms with E-state index >= 15 is 0 Å². The number of hydrogen-bond donors (Lipinski definition) is 1. The molecular weight excluding hydrogens is 200 g/mol. The highest BCUT2D eigenvalue weighted by Gasteiger charge is 2.10. The fourth-order valence-corrected chi connectivity index (χ4v) is 1.26. The minimum absolute atomic E-state index is 0.0339. The van der Waals surface area contributed by atoms with Gasteiger partial charge in [0.1, 0.15) is 5.82 Å². The standard InChI is InChI=1S/C13H20N2O/c1-5-10(4)13(16)15-12-7-6-11(8-14-12)9(2)3/h6-10H,5H2,1-4H3,(H,14,15,16). The molecular formula is C13H20N2O. The van der Waals surface area contributed by atoms with Gasteiger partial charge >= 0.3 is 0 Å². The van der Waals surface area contributed by atoms with Crippen LogP contribution in [0.1, 0.15) is 45.6 Å². The minimum atomic E-state index is 0.0339. The van der Waals surface area contributed by atoms with Crippen molar-refractivity contribution in [3.63, 3.8) is 0 Å². The second kappa shape index (κ2) is 5.64. The number of nitrogens with zero attached hydrogens (tertiary/aromatic N) is 1. The summed E-state index contributed by atoms with van der Waals surface area (Å²) in [4.78, 5) is 15.8.